The van der Waals surface area contributed by atoms with Gasteiger partial charge >= 0.3 is 0 Å². The second-order valence-corrected chi connectivity index (χ2v) is 9.47. The van der Waals surface area contributed by atoms with Crippen molar-refractivity contribution in [2.45, 2.75) is 30.8 Å². The van der Waals surface area contributed by atoms with E-state index in [-0.39, 0.29) is 23.4 Å². The van der Waals surface area contributed by atoms with Gasteiger partial charge in [0.2, 0.25) is 10.0 Å². The Morgan fingerprint density at radius 2 is 1.77 bits per heavy atom. The van der Waals surface area contributed by atoms with E-state index in [0.717, 1.165) is 11.3 Å². The summed E-state index contributed by atoms with van der Waals surface area (Å²) >= 11 is 6.12. The van der Waals surface area contributed by atoms with Gasteiger partial charge in [-0.05, 0) is 60.9 Å². The number of anilines is 1. The van der Waals surface area contributed by atoms with Gasteiger partial charge in [-0.15, -0.1) is 0 Å². The number of amides is 1. The monoisotopic (exact) mass is 440 g/mol. The third-order valence-electron chi connectivity index (χ3n) is 5.23. The van der Waals surface area contributed by atoms with Gasteiger partial charge in [0.25, 0.3) is 5.91 Å². The maximum atomic E-state index is 13.0. The quantitative estimate of drug-likeness (QED) is 0.639. The summed E-state index contributed by atoms with van der Waals surface area (Å²) in [6.07, 6.45) is 0.599. The van der Waals surface area contributed by atoms with Gasteiger partial charge in [-0.25, -0.2) is 13.1 Å². The number of rotatable bonds is 5. The molecule has 1 heterocycles. The minimum atomic E-state index is -3.72. The molecule has 3 aromatic rings. The van der Waals surface area contributed by atoms with Crippen molar-refractivity contribution in [3.8, 4) is 0 Å². The summed E-state index contributed by atoms with van der Waals surface area (Å²) in [5.74, 6) is -0.0886. The first-order chi connectivity index (χ1) is 14.4. The van der Waals surface area contributed by atoms with Gasteiger partial charge in [-0.3, -0.25) is 4.79 Å². The molecular formula is C23H21ClN2O3S. The molecule has 0 aliphatic carbocycles. The molecule has 0 bridgehead atoms. The van der Waals surface area contributed by atoms with Gasteiger partial charge in [0.1, 0.15) is 0 Å². The average Bonchev–Trinajstić information content (AvgIpc) is 3.08. The van der Waals surface area contributed by atoms with Crippen LogP contribution >= 0.6 is 11.6 Å². The van der Waals surface area contributed by atoms with E-state index in [1.54, 1.807) is 47.4 Å². The Morgan fingerprint density at radius 1 is 1.07 bits per heavy atom. The second-order valence-electron chi connectivity index (χ2n) is 7.30. The maximum Gasteiger partial charge on any atom is 0.258 e. The fraction of sp³-hybridized carbons (Fsp3) is 0.174. The summed E-state index contributed by atoms with van der Waals surface area (Å²) < 4.78 is 28.2. The predicted molar refractivity (Wildman–Crippen MR) is 118 cm³/mol. The maximum absolute atomic E-state index is 13.0. The van der Waals surface area contributed by atoms with E-state index in [1.165, 1.54) is 6.07 Å². The van der Waals surface area contributed by atoms with Crippen molar-refractivity contribution in [3.63, 3.8) is 0 Å². The summed E-state index contributed by atoms with van der Waals surface area (Å²) in [5, 5.41) is 0.512. The van der Waals surface area contributed by atoms with Crippen molar-refractivity contribution in [1.29, 1.82) is 0 Å². The molecule has 3 aromatic carbocycles. The molecule has 1 aliphatic heterocycles. The van der Waals surface area contributed by atoms with E-state index in [9.17, 15) is 13.2 Å². The van der Waals surface area contributed by atoms with E-state index >= 15 is 0 Å². The smallest absolute Gasteiger partial charge is 0.258 e. The average molecular weight is 441 g/mol. The van der Waals surface area contributed by atoms with Crippen molar-refractivity contribution >= 4 is 33.2 Å². The first-order valence-electron chi connectivity index (χ1n) is 9.61. The van der Waals surface area contributed by atoms with Gasteiger partial charge < -0.3 is 4.90 Å². The van der Waals surface area contributed by atoms with Crippen molar-refractivity contribution < 1.29 is 13.2 Å². The molecule has 1 aliphatic rings. The van der Waals surface area contributed by atoms with Crippen molar-refractivity contribution in [1.82, 2.24) is 4.72 Å². The first-order valence-corrected chi connectivity index (χ1v) is 11.5. The molecule has 0 fully saturated rings. The van der Waals surface area contributed by atoms with E-state index in [0.29, 0.717) is 22.6 Å². The number of sulfonamides is 1. The van der Waals surface area contributed by atoms with Gasteiger partial charge in [0, 0.05) is 28.9 Å². The first kappa shape index (κ1) is 20.6. The molecule has 4 rings (SSSR count). The van der Waals surface area contributed by atoms with Crippen LogP contribution in [-0.4, -0.2) is 20.4 Å². The summed E-state index contributed by atoms with van der Waals surface area (Å²) in [6, 6.07) is 21.0. The number of halogens is 1. The molecule has 1 N–H and O–H groups in total. The minimum Gasteiger partial charge on any atom is -0.305 e. The second kappa shape index (κ2) is 8.22. The van der Waals surface area contributed by atoms with E-state index < -0.39 is 10.0 Å². The zero-order valence-electron chi connectivity index (χ0n) is 16.4. The van der Waals surface area contributed by atoms with Gasteiger partial charge in [0.15, 0.2) is 0 Å². The fourth-order valence-electron chi connectivity index (χ4n) is 3.70. The molecule has 0 saturated heterocycles. The van der Waals surface area contributed by atoms with Crippen LogP contribution in [0.2, 0.25) is 5.02 Å². The molecule has 0 radical (unpaired) electrons. The molecule has 30 heavy (non-hydrogen) atoms. The largest absolute Gasteiger partial charge is 0.305 e. The summed E-state index contributed by atoms with van der Waals surface area (Å²) in [4.78, 5) is 14.9. The number of benzene rings is 3. The van der Waals surface area contributed by atoms with Crippen LogP contribution < -0.4 is 9.62 Å². The highest BCUT2D eigenvalue weighted by Crippen LogP contribution is 2.35. The van der Waals surface area contributed by atoms with Crippen molar-refractivity contribution in [2.24, 2.45) is 0 Å². The Bertz CT molecular complexity index is 1200. The lowest BCUT2D eigenvalue weighted by atomic mass is 10.1. The normalized spacial score (nSPS) is 15.8. The fourth-order valence-corrected chi connectivity index (χ4v) is 4.96. The number of carbonyl (C=O) groups is 1. The van der Waals surface area contributed by atoms with Crippen molar-refractivity contribution in [2.75, 3.05) is 4.90 Å². The lowest BCUT2D eigenvalue weighted by Crippen LogP contribution is -2.35. The molecule has 1 unspecified atom stereocenters. The van der Waals surface area contributed by atoms with Crippen LogP contribution in [0.1, 0.15) is 28.4 Å². The molecule has 0 saturated carbocycles. The SMILES string of the molecule is CC1Cc2cc(S(=O)(=O)NCc3ccccc3Cl)ccc2N1C(=O)c1ccccc1. The standard InChI is InChI=1S/C23H21ClN2O3S/c1-16-13-19-14-20(30(28,29)25-15-18-9-5-6-10-21(18)24)11-12-22(19)26(16)23(27)17-7-3-2-4-8-17/h2-12,14,16,25H,13,15H2,1H3. The van der Waals surface area contributed by atoms with Gasteiger partial charge in [0.05, 0.1) is 4.90 Å². The Kier molecular flexibility index (Phi) is 5.64. The number of nitrogens with one attached hydrogen (secondary N) is 1. The zero-order chi connectivity index (χ0) is 21.3. The lowest BCUT2D eigenvalue weighted by molar-refractivity contribution is 0.0981. The third kappa shape index (κ3) is 3.99. The van der Waals surface area contributed by atoms with Crippen LogP contribution in [-0.2, 0) is 23.0 Å². The lowest BCUT2D eigenvalue weighted by Gasteiger charge is -2.23. The number of nitrogens with zero attached hydrogens (tertiary/aromatic N) is 1. The highest BCUT2D eigenvalue weighted by atomic mass is 35.5. The molecule has 1 atom stereocenters. The Hall–Kier alpha value is -2.67. The van der Waals surface area contributed by atoms with Crippen LogP contribution in [0.5, 0.6) is 0 Å². The Morgan fingerprint density at radius 3 is 2.50 bits per heavy atom. The van der Waals surface area contributed by atoms with Gasteiger partial charge in [-0.2, -0.15) is 0 Å². The van der Waals surface area contributed by atoms with E-state index in [2.05, 4.69) is 4.72 Å². The number of fused-ring (bicyclic) bond motifs is 1. The topological polar surface area (TPSA) is 66.5 Å². The number of carbonyl (C=O) groups excluding carboxylic acids is 1. The summed E-state index contributed by atoms with van der Waals surface area (Å²) in [5.41, 5.74) is 2.90. The molecule has 1 amide bonds. The Balaban J connectivity index is 1.58. The van der Waals surface area contributed by atoms with E-state index in [1.807, 2.05) is 31.2 Å². The third-order valence-corrected chi connectivity index (χ3v) is 6.99. The van der Waals surface area contributed by atoms with Crippen LogP contribution in [0.15, 0.2) is 77.7 Å². The van der Waals surface area contributed by atoms with Crippen LogP contribution in [0, 0.1) is 0 Å². The van der Waals surface area contributed by atoms with E-state index in [4.69, 9.17) is 11.6 Å². The molecule has 154 valence electrons. The number of hydrogen-bond donors (Lipinski definition) is 1. The highest BCUT2D eigenvalue weighted by Gasteiger charge is 2.32. The van der Waals surface area contributed by atoms with Crippen LogP contribution in [0.4, 0.5) is 5.69 Å². The molecule has 5 nitrogen and oxygen atoms in total. The molecular weight excluding hydrogens is 420 g/mol. The predicted octanol–water partition coefficient (Wildman–Crippen LogP) is 4.41. The minimum absolute atomic E-state index is 0.0539. The molecule has 0 aromatic heterocycles. The van der Waals surface area contributed by atoms with Crippen molar-refractivity contribution in [3.05, 3.63) is 94.5 Å². The van der Waals surface area contributed by atoms with Gasteiger partial charge in [-0.1, -0.05) is 48.0 Å². The summed E-state index contributed by atoms with van der Waals surface area (Å²) in [6.45, 7) is 2.07. The highest BCUT2D eigenvalue weighted by molar-refractivity contribution is 7.89. The Labute approximate surface area is 181 Å². The molecule has 7 heteroatoms. The zero-order valence-corrected chi connectivity index (χ0v) is 18.0. The summed E-state index contributed by atoms with van der Waals surface area (Å²) in [7, 11) is -3.72. The van der Waals surface area contributed by atoms with Crippen LogP contribution in [0.25, 0.3) is 0 Å². The molecule has 0 spiro atoms. The van der Waals surface area contributed by atoms with Crippen LogP contribution in [0.3, 0.4) is 0 Å². The number of hydrogen-bond acceptors (Lipinski definition) is 3.